The van der Waals surface area contributed by atoms with E-state index in [2.05, 4.69) is 20.4 Å². The maximum Gasteiger partial charge on any atom is 0.253 e. The molecule has 0 aliphatic rings. The topological polar surface area (TPSA) is 98.7 Å². The lowest BCUT2D eigenvalue weighted by Crippen LogP contribution is -2.55. The number of rotatable bonds is 5. The highest BCUT2D eigenvalue weighted by Gasteiger charge is 2.28. The number of nitrogens with zero attached hydrogens (tertiary/aromatic N) is 4. The van der Waals surface area contributed by atoms with Crippen molar-refractivity contribution < 1.29 is 4.79 Å². The maximum absolute atomic E-state index is 12.3. The van der Waals surface area contributed by atoms with E-state index in [0.717, 1.165) is 0 Å². The quantitative estimate of drug-likeness (QED) is 0.843. The predicted molar refractivity (Wildman–Crippen MR) is 93.4 cm³/mol. The molecule has 3 N–H and O–H groups in total. The van der Waals surface area contributed by atoms with Crippen LogP contribution in [0.5, 0.6) is 0 Å². The van der Waals surface area contributed by atoms with Gasteiger partial charge in [0.05, 0.1) is 11.1 Å². The number of carbonyl (C=O) groups excluding carboxylic acids is 1. The van der Waals surface area contributed by atoms with Crippen molar-refractivity contribution in [3.8, 4) is 5.82 Å². The van der Waals surface area contributed by atoms with Gasteiger partial charge < -0.3 is 11.1 Å². The van der Waals surface area contributed by atoms with Crippen molar-refractivity contribution in [3.05, 3.63) is 36.5 Å². The van der Waals surface area contributed by atoms with Crippen LogP contribution < -0.4 is 11.1 Å². The number of carbonyl (C=O) groups is 1. The van der Waals surface area contributed by atoms with Gasteiger partial charge in [0.1, 0.15) is 12.7 Å². The Morgan fingerprint density at radius 1 is 1.39 bits per heavy atom. The Morgan fingerprint density at radius 3 is 2.52 bits per heavy atom. The van der Waals surface area contributed by atoms with Crippen LogP contribution >= 0.6 is 24.8 Å². The fraction of sp³-hybridized carbons (Fsp3) is 0.429. The van der Waals surface area contributed by atoms with E-state index in [1.807, 2.05) is 20.8 Å². The summed E-state index contributed by atoms with van der Waals surface area (Å²) >= 11 is 0. The number of amides is 1. The van der Waals surface area contributed by atoms with Crippen molar-refractivity contribution in [1.82, 2.24) is 25.1 Å². The summed E-state index contributed by atoms with van der Waals surface area (Å²) in [5, 5.41) is 6.96. The summed E-state index contributed by atoms with van der Waals surface area (Å²) in [6.07, 6.45) is 4.49. The summed E-state index contributed by atoms with van der Waals surface area (Å²) in [7, 11) is 0. The normalized spacial score (nSPS) is 12.7. The van der Waals surface area contributed by atoms with Crippen LogP contribution in [0.15, 0.2) is 31.0 Å². The molecule has 0 fully saturated rings. The van der Waals surface area contributed by atoms with Crippen LogP contribution in [-0.4, -0.2) is 37.7 Å². The molecule has 128 valence electrons. The first-order valence-corrected chi connectivity index (χ1v) is 6.80. The molecule has 0 saturated heterocycles. The van der Waals surface area contributed by atoms with Crippen molar-refractivity contribution in [3.63, 3.8) is 0 Å². The van der Waals surface area contributed by atoms with Gasteiger partial charge in [0.25, 0.3) is 5.91 Å². The molecule has 23 heavy (non-hydrogen) atoms. The Morgan fingerprint density at radius 2 is 2.09 bits per heavy atom. The molecule has 0 spiro atoms. The minimum atomic E-state index is -0.443. The molecule has 2 heterocycles. The molecular formula is C14H22Cl2N6O. The Bertz CT molecular complexity index is 602. The molecule has 0 aliphatic heterocycles. The van der Waals surface area contributed by atoms with Gasteiger partial charge in [-0.25, -0.2) is 14.6 Å². The van der Waals surface area contributed by atoms with E-state index in [9.17, 15) is 4.79 Å². The lowest BCUT2D eigenvalue weighted by atomic mass is 9.88. The average Bonchev–Trinajstić information content (AvgIpc) is 3.01. The molecule has 7 nitrogen and oxygen atoms in total. The van der Waals surface area contributed by atoms with Crippen molar-refractivity contribution in [2.45, 2.75) is 26.3 Å². The Kier molecular flexibility index (Phi) is 8.16. The second kappa shape index (κ2) is 8.81. The number of nitrogens with two attached hydrogens (primary N) is 1. The van der Waals surface area contributed by atoms with E-state index in [0.29, 0.717) is 17.9 Å². The number of halogens is 2. The summed E-state index contributed by atoms with van der Waals surface area (Å²) in [5.74, 6) is 0.651. The molecule has 0 radical (unpaired) electrons. The molecule has 1 atom stereocenters. The van der Waals surface area contributed by atoms with Crippen LogP contribution in [0.2, 0.25) is 0 Å². The minimum Gasteiger partial charge on any atom is -0.345 e. The first-order valence-electron chi connectivity index (χ1n) is 6.80. The first-order chi connectivity index (χ1) is 9.96. The Hall–Kier alpha value is -1.70. The Balaban J connectivity index is 0.00000242. The summed E-state index contributed by atoms with van der Waals surface area (Å²) < 4.78 is 1.53. The zero-order valence-corrected chi connectivity index (χ0v) is 14.9. The van der Waals surface area contributed by atoms with Gasteiger partial charge in [-0.15, -0.1) is 24.8 Å². The van der Waals surface area contributed by atoms with Crippen LogP contribution in [0.1, 0.15) is 31.1 Å². The van der Waals surface area contributed by atoms with Gasteiger partial charge in [-0.3, -0.25) is 4.79 Å². The molecule has 0 aliphatic carbocycles. The van der Waals surface area contributed by atoms with Crippen molar-refractivity contribution in [2.75, 3.05) is 6.54 Å². The molecule has 2 aromatic rings. The highest BCUT2D eigenvalue weighted by molar-refractivity contribution is 5.94. The molecular weight excluding hydrogens is 339 g/mol. The third-order valence-corrected chi connectivity index (χ3v) is 3.76. The smallest absolute Gasteiger partial charge is 0.253 e. The average molecular weight is 361 g/mol. The highest BCUT2D eigenvalue weighted by atomic mass is 35.5. The van der Waals surface area contributed by atoms with Crippen molar-refractivity contribution in [1.29, 1.82) is 0 Å². The van der Waals surface area contributed by atoms with E-state index < -0.39 is 5.54 Å². The lowest BCUT2D eigenvalue weighted by molar-refractivity contribution is 0.0883. The van der Waals surface area contributed by atoms with Crippen LogP contribution in [-0.2, 0) is 0 Å². The number of hydrogen-bond acceptors (Lipinski definition) is 5. The largest absolute Gasteiger partial charge is 0.345 e. The lowest BCUT2D eigenvalue weighted by Gasteiger charge is -2.33. The van der Waals surface area contributed by atoms with Gasteiger partial charge >= 0.3 is 0 Å². The van der Waals surface area contributed by atoms with E-state index in [1.165, 1.54) is 17.2 Å². The fourth-order valence-electron chi connectivity index (χ4n) is 1.75. The van der Waals surface area contributed by atoms with Gasteiger partial charge in [0, 0.05) is 12.7 Å². The van der Waals surface area contributed by atoms with Crippen molar-refractivity contribution >= 4 is 30.7 Å². The number of aromatic nitrogens is 4. The number of hydrogen-bond donors (Lipinski definition) is 2. The summed E-state index contributed by atoms with van der Waals surface area (Å²) in [6, 6.07) is 3.43. The predicted octanol–water partition coefficient (Wildman–Crippen LogP) is 1.61. The standard InChI is InChI=1S/C14H20N6O.2ClH/c1-10(2)14(3,7-15)19-13(21)11-4-5-12(17-6-11)20-9-16-8-18-20;;/h4-6,8-10H,7,15H2,1-3H3,(H,19,21);2*1H. The van der Waals surface area contributed by atoms with E-state index in [-0.39, 0.29) is 36.6 Å². The monoisotopic (exact) mass is 360 g/mol. The number of nitrogens with one attached hydrogen (secondary N) is 1. The first kappa shape index (κ1) is 21.3. The van der Waals surface area contributed by atoms with Gasteiger partial charge in [-0.05, 0) is 25.0 Å². The molecule has 0 saturated carbocycles. The van der Waals surface area contributed by atoms with Crippen LogP contribution in [0.3, 0.4) is 0 Å². The molecule has 1 unspecified atom stereocenters. The molecule has 0 aromatic carbocycles. The summed E-state index contributed by atoms with van der Waals surface area (Å²) in [4.78, 5) is 20.3. The van der Waals surface area contributed by atoms with Crippen LogP contribution in [0.25, 0.3) is 5.82 Å². The maximum atomic E-state index is 12.3. The fourth-order valence-corrected chi connectivity index (χ4v) is 1.75. The number of pyridine rings is 1. The third-order valence-electron chi connectivity index (χ3n) is 3.76. The molecule has 0 bridgehead atoms. The molecule has 9 heteroatoms. The summed E-state index contributed by atoms with van der Waals surface area (Å²) in [6.45, 7) is 6.37. The zero-order chi connectivity index (χ0) is 15.5. The summed E-state index contributed by atoms with van der Waals surface area (Å²) in [5.41, 5.74) is 5.82. The van der Waals surface area contributed by atoms with Crippen LogP contribution in [0.4, 0.5) is 0 Å². The van der Waals surface area contributed by atoms with E-state index in [1.54, 1.807) is 18.5 Å². The van der Waals surface area contributed by atoms with Gasteiger partial charge in [-0.2, -0.15) is 5.10 Å². The SMILES string of the molecule is CC(C)C(C)(CN)NC(=O)c1ccc(-n2cncn2)nc1.Cl.Cl. The van der Waals surface area contributed by atoms with Crippen molar-refractivity contribution in [2.24, 2.45) is 11.7 Å². The molecule has 1 amide bonds. The second-order valence-corrected chi connectivity index (χ2v) is 5.48. The second-order valence-electron chi connectivity index (χ2n) is 5.48. The minimum absolute atomic E-state index is 0. The van der Waals surface area contributed by atoms with Gasteiger partial charge in [-0.1, -0.05) is 13.8 Å². The highest BCUT2D eigenvalue weighted by Crippen LogP contribution is 2.16. The van der Waals surface area contributed by atoms with Gasteiger partial charge in [0.15, 0.2) is 5.82 Å². The van der Waals surface area contributed by atoms with Crippen LogP contribution in [0, 0.1) is 5.92 Å². The molecule has 2 aromatic heterocycles. The van der Waals surface area contributed by atoms with E-state index in [4.69, 9.17) is 5.73 Å². The van der Waals surface area contributed by atoms with Gasteiger partial charge in [0.2, 0.25) is 0 Å². The Labute approximate surface area is 147 Å². The zero-order valence-electron chi connectivity index (χ0n) is 13.3. The molecule has 2 rings (SSSR count). The third kappa shape index (κ3) is 4.89. The van der Waals surface area contributed by atoms with E-state index >= 15 is 0 Å².